The number of ether oxygens (including phenoxy) is 1. The summed E-state index contributed by atoms with van der Waals surface area (Å²) in [5, 5.41) is 3.03. The summed E-state index contributed by atoms with van der Waals surface area (Å²) in [5.74, 6) is -0.235. The van der Waals surface area contributed by atoms with Gasteiger partial charge in [0.1, 0.15) is 0 Å². The van der Waals surface area contributed by atoms with Crippen molar-refractivity contribution in [1.29, 1.82) is 0 Å². The Morgan fingerprint density at radius 2 is 2.05 bits per heavy atom. The molecule has 0 aromatic heterocycles. The van der Waals surface area contributed by atoms with E-state index in [1.54, 1.807) is 0 Å². The highest BCUT2D eigenvalue weighted by Crippen LogP contribution is 2.24. The van der Waals surface area contributed by atoms with Crippen LogP contribution in [0.3, 0.4) is 0 Å². The molecule has 2 aliphatic rings. The molecule has 5 heteroatoms. The largest absolute Gasteiger partial charge is 0.378 e. The molecule has 0 unspecified atom stereocenters. The number of carbonyl (C=O) groups excluding carboxylic acids is 2. The van der Waals surface area contributed by atoms with Gasteiger partial charge in [0.05, 0.1) is 6.10 Å². The van der Waals surface area contributed by atoms with Crippen LogP contribution < -0.4 is 11.1 Å². The minimum atomic E-state index is -0.238. The third-order valence-electron chi connectivity index (χ3n) is 4.16. The van der Waals surface area contributed by atoms with Crippen molar-refractivity contribution in [2.45, 2.75) is 63.5 Å². The van der Waals surface area contributed by atoms with Crippen LogP contribution in [0.15, 0.2) is 0 Å². The zero-order valence-corrected chi connectivity index (χ0v) is 11.4. The second-order valence-electron chi connectivity index (χ2n) is 5.70. The Hall–Kier alpha value is -1.10. The molecule has 1 aliphatic carbocycles. The van der Waals surface area contributed by atoms with E-state index in [0.717, 1.165) is 45.1 Å². The number of nitrogens with two attached hydrogens (primary N) is 1. The summed E-state index contributed by atoms with van der Waals surface area (Å²) in [6, 6.07) is 0.114. The second-order valence-corrected chi connectivity index (χ2v) is 5.70. The first-order valence-electron chi connectivity index (χ1n) is 7.35. The van der Waals surface area contributed by atoms with E-state index in [4.69, 9.17) is 10.5 Å². The molecule has 108 valence electrons. The summed E-state index contributed by atoms with van der Waals surface area (Å²) < 4.78 is 5.50. The average molecular weight is 268 g/mol. The van der Waals surface area contributed by atoms with Crippen LogP contribution in [0, 0.1) is 5.92 Å². The molecule has 1 saturated carbocycles. The minimum Gasteiger partial charge on any atom is -0.378 e. The first-order valence-corrected chi connectivity index (χ1v) is 7.35. The molecule has 3 atom stereocenters. The van der Waals surface area contributed by atoms with Crippen LogP contribution in [0.25, 0.3) is 0 Å². The van der Waals surface area contributed by atoms with Gasteiger partial charge < -0.3 is 15.8 Å². The Kier molecular flexibility index (Phi) is 5.19. The highest BCUT2D eigenvalue weighted by Gasteiger charge is 2.26. The number of nitrogens with one attached hydrogen (secondary N) is 1. The first-order chi connectivity index (χ1) is 9.15. The minimum absolute atomic E-state index is 0.0720. The number of hydrogen-bond donors (Lipinski definition) is 2. The van der Waals surface area contributed by atoms with Crippen molar-refractivity contribution in [1.82, 2.24) is 5.32 Å². The van der Waals surface area contributed by atoms with Gasteiger partial charge in [-0.3, -0.25) is 9.59 Å². The maximum atomic E-state index is 11.9. The van der Waals surface area contributed by atoms with Crippen molar-refractivity contribution >= 4 is 11.8 Å². The van der Waals surface area contributed by atoms with Crippen molar-refractivity contribution in [3.63, 3.8) is 0 Å². The van der Waals surface area contributed by atoms with E-state index < -0.39 is 0 Å². The quantitative estimate of drug-likeness (QED) is 0.783. The monoisotopic (exact) mass is 268 g/mol. The Labute approximate surface area is 114 Å². The van der Waals surface area contributed by atoms with Gasteiger partial charge in [0, 0.05) is 25.0 Å². The standard InChI is InChI=1S/C14H24N2O3/c15-14(18)10-3-1-4-11(9-10)16-13(17)7-6-12-5-2-8-19-12/h10-12H,1-9H2,(H2,15,18)(H,16,17)/t10-,11-,12-/m1/s1. The third-order valence-corrected chi connectivity index (χ3v) is 4.16. The molecular weight excluding hydrogens is 244 g/mol. The zero-order valence-electron chi connectivity index (χ0n) is 11.4. The number of hydrogen-bond acceptors (Lipinski definition) is 3. The van der Waals surface area contributed by atoms with Crippen molar-refractivity contribution in [3.8, 4) is 0 Å². The SMILES string of the molecule is NC(=O)[C@@H]1CCC[C@@H](NC(=O)CC[C@H]2CCCO2)C1. The summed E-state index contributed by atoms with van der Waals surface area (Å²) in [6.07, 6.45) is 7.23. The van der Waals surface area contributed by atoms with E-state index in [0.29, 0.717) is 12.8 Å². The van der Waals surface area contributed by atoms with Gasteiger partial charge in [-0.2, -0.15) is 0 Å². The molecular formula is C14H24N2O3. The lowest BCUT2D eigenvalue weighted by Gasteiger charge is -2.28. The van der Waals surface area contributed by atoms with E-state index >= 15 is 0 Å². The molecule has 0 bridgehead atoms. The van der Waals surface area contributed by atoms with Gasteiger partial charge in [-0.15, -0.1) is 0 Å². The fourth-order valence-corrected chi connectivity index (χ4v) is 3.04. The molecule has 2 fully saturated rings. The lowest BCUT2D eigenvalue weighted by Crippen LogP contribution is -2.41. The smallest absolute Gasteiger partial charge is 0.220 e. The van der Waals surface area contributed by atoms with Gasteiger partial charge in [0.25, 0.3) is 0 Å². The van der Waals surface area contributed by atoms with E-state index in [1.165, 1.54) is 0 Å². The molecule has 0 radical (unpaired) electrons. The van der Waals surface area contributed by atoms with Crippen LogP contribution in [-0.2, 0) is 14.3 Å². The van der Waals surface area contributed by atoms with Gasteiger partial charge >= 0.3 is 0 Å². The van der Waals surface area contributed by atoms with Crippen LogP contribution in [0.4, 0.5) is 0 Å². The maximum Gasteiger partial charge on any atom is 0.220 e. The Bertz CT molecular complexity index is 327. The zero-order chi connectivity index (χ0) is 13.7. The molecule has 19 heavy (non-hydrogen) atoms. The lowest BCUT2D eigenvalue weighted by molar-refractivity contribution is -0.125. The molecule has 5 nitrogen and oxygen atoms in total. The van der Waals surface area contributed by atoms with Gasteiger partial charge in [-0.1, -0.05) is 6.42 Å². The molecule has 0 aromatic carbocycles. The van der Waals surface area contributed by atoms with Gasteiger partial charge in [0.15, 0.2) is 0 Å². The van der Waals surface area contributed by atoms with Gasteiger partial charge in [-0.25, -0.2) is 0 Å². The van der Waals surface area contributed by atoms with Crippen LogP contribution in [0.1, 0.15) is 51.4 Å². The molecule has 1 aliphatic heterocycles. The van der Waals surface area contributed by atoms with Gasteiger partial charge in [-0.05, 0) is 38.5 Å². The fraction of sp³-hybridized carbons (Fsp3) is 0.857. The van der Waals surface area contributed by atoms with Gasteiger partial charge in [0.2, 0.25) is 11.8 Å². The topological polar surface area (TPSA) is 81.4 Å². The third kappa shape index (κ3) is 4.49. The van der Waals surface area contributed by atoms with Crippen LogP contribution in [0.2, 0.25) is 0 Å². The predicted molar refractivity (Wildman–Crippen MR) is 71.3 cm³/mol. The highest BCUT2D eigenvalue weighted by molar-refractivity contribution is 5.78. The molecule has 1 saturated heterocycles. The summed E-state index contributed by atoms with van der Waals surface area (Å²) >= 11 is 0. The molecule has 1 heterocycles. The summed E-state index contributed by atoms with van der Waals surface area (Å²) in [5.41, 5.74) is 5.33. The molecule has 3 N–H and O–H groups in total. The maximum absolute atomic E-state index is 11.9. The van der Waals surface area contributed by atoms with Crippen molar-refractivity contribution < 1.29 is 14.3 Å². The summed E-state index contributed by atoms with van der Waals surface area (Å²) in [6.45, 7) is 0.829. The summed E-state index contributed by atoms with van der Waals surface area (Å²) in [4.78, 5) is 23.0. The summed E-state index contributed by atoms with van der Waals surface area (Å²) in [7, 11) is 0. The number of primary amides is 1. The fourth-order valence-electron chi connectivity index (χ4n) is 3.04. The van der Waals surface area contributed by atoms with E-state index in [-0.39, 0.29) is 29.9 Å². The molecule has 0 aromatic rings. The first kappa shape index (κ1) is 14.3. The number of carbonyl (C=O) groups is 2. The average Bonchev–Trinajstić information content (AvgIpc) is 2.90. The predicted octanol–water partition coefficient (Wildman–Crippen LogP) is 1.11. The second kappa shape index (κ2) is 6.89. The number of amides is 2. The van der Waals surface area contributed by atoms with Crippen LogP contribution in [-0.4, -0.2) is 30.6 Å². The van der Waals surface area contributed by atoms with Crippen LogP contribution >= 0.6 is 0 Å². The Balaban J connectivity index is 1.67. The molecule has 2 rings (SSSR count). The Morgan fingerprint density at radius 1 is 1.21 bits per heavy atom. The number of rotatable bonds is 5. The van der Waals surface area contributed by atoms with E-state index in [2.05, 4.69) is 5.32 Å². The lowest BCUT2D eigenvalue weighted by atomic mass is 9.85. The van der Waals surface area contributed by atoms with E-state index in [1.807, 2.05) is 0 Å². The van der Waals surface area contributed by atoms with Crippen LogP contribution in [0.5, 0.6) is 0 Å². The molecule has 0 spiro atoms. The van der Waals surface area contributed by atoms with Crippen molar-refractivity contribution in [3.05, 3.63) is 0 Å². The van der Waals surface area contributed by atoms with Crippen molar-refractivity contribution in [2.24, 2.45) is 11.7 Å². The molecule has 2 amide bonds. The Morgan fingerprint density at radius 3 is 2.74 bits per heavy atom. The van der Waals surface area contributed by atoms with Crippen molar-refractivity contribution in [2.75, 3.05) is 6.61 Å². The normalized spacial score (nSPS) is 31.1. The highest BCUT2D eigenvalue weighted by atomic mass is 16.5. The van der Waals surface area contributed by atoms with E-state index in [9.17, 15) is 9.59 Å².